The van der Waals surface area contributed by atoms with Crippen LogP contribution in [0.2, 0.25) is 0 Å². The van der Waals surface area contributed by atoms with Crippen molar-refractivity contribution >= 4 is 23.0 Å². The van der Waals surface area contributed by atoms with E-state index in [1.165, 1.54) is 7.11 Å². The standard InChI is InChI=1S/C14H16N2O2S/c1-3-12(14(17)18-2)16-11-6-4-10(5-7-11)13-15-8-9-19-13/h4-9,12,16H,3H2,1-2H3. The van der Waals surface area contributed by atoms with Gasteiger partial charge in [0, 0.05) is 22.8 Å². The molecule has 2 aromatic rings. The maximum absolute atomic E-state index is 11.5. The molecule has 0 bridgehead atoms. The van der Waals surface area contributed by atoms with Crippen molar-refractivity contribution in [1.29, 1.82) is 0 Å². The Labute approximate surface area is 116 Å². The Kier molecular flexibility index (Phi) is 4.52. The minimum atomic E-state index is -0.310. The van der Waals surface area contributed by atoms with E-state index in [1.807, 2.05) is 36.6 Å². The Hall–Kier alpha value is -1.88. The van der Waals surface area contributed by atoms with Gasteiger partial charge in [0.25, 0.3) is 0 Å². The topological polar surface area (TPSA) is 51.2 Å². The number of anilines is 1. The molecule has 0 saturated carbocycles. The van der Waals surface area contributed by atoms with Crippen molar-refractivity contribution in [1.82, 2.24) is 4.98 Å². The molecule has 4 nitrogen and oxygen atoms in total. The zero-order chi connectivity index (χ0) is 13.7. The minimum Gasteiger partial charge on any atom is -0.467 e. The van der Waals surface area contributed by atoms with Crippen molar-refractivity contribution in [2.75, 3.05) is 12.4 Å². The molecule has 0 aliphatic rings. The highest BCUT2D eigenvalue weighted by Gasteiger charge is 2.16. The second-order valence-corrected chi connectivity index (χ2v) is 4.94. The van der Waals surface area contributed by atoms with E-state index in [4.69, 9.17) is 4.74 Å². The molecule has 0 aliphatic carbocycles. The fourth-order valence-electron chi connectivity index (χ4n) is 1.75. The lowest BCUT2D eigenvalue weighted by atomic mass is 10.1. The number of hydrogen-bond donors (Lipinski definition) is 1. The number of ether oxygens (including phenoxy) is 1. The van der Waals surface area contributed by atoms with Crippen LogP contribution in [0.3, 0.4) is 0 Å². The molecule has 0 spiro atoms. The highest BCUT2D eigenvalue weighted by Crippen LogP contribution is 2.23. The van der Waals surface area contributed by atoms with Gasteiger partial charge in [-0.2, -0.15) is 0 Å². The van der Waals surface area contributed by atoms with Crippen molar-refractivity contribution in [3.63, 3.8) is 0 Å². The lowest BCUT2D eigenvalue weighted by Crippen LogP contribution is -2.29. The summed E-state index contributed by atoms with van der Waals surface area (Å²) in [6.45, 7) is 1.94. The van der Waals surface area contributed by atoms with Crippen molar-refractivity contribution in [3.8, 4) is 10.6 Å². The number of carbonyl (C=O) groups excluding carboxylic acids is 1. The second kappa shape index (κ2) is 6.33. The van der Waals surface area contributed by atoms with Gasteiger partial charge in [0.15, 0.2) is 0 Å². The molecule has 19 heavy (non-hydrogen) atoms. The van der Waals surface area contributed by atoms with Crippen molar-refractivity contribution in [2.45, 2.75) is 19.4 Å². The van der Waals surface area contributed by atoms with Crippen LogP contribution in [0, 0.1) is 0 Å². The van der Waals surface area contributed by atoms with E-state index in [-0.39, 0.29) is 12.0 Å². The van der Waals surface area contributed by atoms with E-state index in [1.54, 1.807) is 17.5 Å². The van der Waals surface area contributed by atoms with Gasteiger partial charge in [-0.05, 0) is 30.7 Å². The first kappa shape index (κ1) is 13.5. The average molecular weight is 276 g/mol. The van der Waals surface area contributed by atoms with E-state index in [2.05, 4.69) is 10.3 Å². The van der Waals surface area contributed by atoms with Gasteiger partial charge in [-0.3, -0.25) is 0 Å². The highest BCUT2D eigenvalue weighted by atomic mass is 32.1. The molecule has 1 atom stereocenters. The molecule has 0 amide bonds. The largest absolute Gasteiger partial charge is 0.467 e. The first-order chi connectivity index (χ1) is 9.24. The Morgan fingerprint density at radius 2 is 2.16 bits per heavy atom. The number of nitrogens with one attached hydrogen (secondary N) is 1. The number of hydrogen-bond acceptors (Lipinski definition) is 5. The van der Waals surface area contributed by atoms with Crippen LogP contribution in [0.1, 0.15) is 13.3 Å². The summed E-state index contributed by atoms with van der Waals surface area (Å²) in [6.07, 6.45) is 2.47. The van der Waals surface area contributed by atoms with Gasteiger partial charge in [0.05, 0.1) is 7.11 Å². The van der Waals surface area contributed by atoms with Crippen LogP contribution >= 0.6 is 11.3 Å². The fraction of sp³-hybridized carbons (Fsp3) is 0.286. The molecule has 0 saturated heterocycles. The number of esters is 1. The van der Waals surface area contributed by atoms with Crippen LogP contribution in [0.5, 0.6) is 0 Å². The Morgan fingerprint density at radius 1 is 1.42 bits per heavy atom. The summed E-state index contributed by atoms with van der Waals surface area (Å²) in [6, 6.07) is 7.57. The summed E-state index contributed by atoms with van der Waals surface area (Å²) in [5, 5.41) is 6.10. The summed E-state index contributed by atoms with van der Waals surface area (Å²) < 4.78 is 4.75. The van der Waals surface area contributed by atoms with Crippen molar-refractivity contribution < 1.29 is 9.53 Å². The quantitative estimate of drug-likeness (QED) is 0.852. The average Bonchev–Trinajstić information content (AvgIpc) is 2.98. The molecule has 1 N–H and O–H groups in total. The molecule has 100 valence electrons. The van der Waals surface area contributed by atoms with Gasteiger partial charge in [-0.15, -0.1) is 11.3 Å². The predicted octanol–water partition coefficient (Wildman–Crippen LogP) is 3.17. The van der Waals surface area contributed by atoms with Gasteiger partial charge in [0.1, 0.15) is 11.0 Å². The van der Waals surface area contributed by atoms with Crippen LogP contribution in [-0.4, -0.2) is 24.1 Å². The molecule has 1 aromatic heterocycles. The third-order valence-corrected chi connectivity index (χ3v) is 3.62. The van der Waals surface area contributed by atoms with Crippen LogP contribution in [0.25, 0.3) is 10.6 Å². The Morgan fingerprint density at radius 3 is 2.68 bits per heavy atom. The fourth-order valence-corrected chi connectivity index (χ4v) is 2.39. The smallest absolute Gasteiger partial charge is 0.328 e. The molecular weight excluding hydrogens is 260 g/mol. The molecule has 2 rings (SSSR count). The summed E-state index contributed by atoms with van der Waals surface area (Å²) in [7, 11) is 1.40. The van der Waals surface area contributed by atoms with Gasteiger partial charge >= 0.3 is 5.97 Å². The summed E-state index contributed by atoms with van der Waals surface area (Å²) in [4.78, 5) is 15.8. The van der Waals surface area contributed by atoms with Gasteiger partial charge in [-0.1, -0.05) is 6.92 Å². The maximum atomic E-state index is 11.5. The number of aromatic nitrogens is 1. The molecular formula is C14H16N2O2S. The van der Waals surface area contributed by atoms with Crippen LogP contribution in [0.4, 0.5) is 5.69 Å². The van der Waals surface area contributed by atoms with E-state index in [0.29, 0.717) is 6.42 Å². The van der Waals surface area contributed by atoms with Crippen LogP contribution < -0.4 is 5.32 Å². The summed E-state index contributed by atoms with van der Waals surface area (Å²) in [5.74, 6) is -0.244. The maximum Gasteiger partial charge on any atom is 0.328 e. The molecule has 1 aromatic carbocycles. The van der Waals surface area contributed by atoms with Gasteiger partial charge < -0.3 is 10.1 Å². The monoisotopic (exact) mass is 276 g/mol. The van der Waals surface area contributed by atoms with Crippen LogP contribution in [-0.2, 0) is 9.53 Å². The molecule has 5 heteroatoms. The van der Waals surface area contributed by atoms with Crippen molar-refractivity contribution in [3.05, 3.63) is 35.8 Å². The molecule has 0 aliphatic heterocycles. The lowest BCUT2D eigenvalue weighted by molar-refractivity contribution is -0.141. The van der Waals surface area contributed by atoms with Crippen molar-refractivity contribution in [2.24, 2.45) is 0 Å². The van der Waals surface area contributed by atoms with Crippen LogP contribution in [0.15, 0.2) is 35.8 Å². The number of thiazole rings is 1. The molecule has 1 unspecified atom stereocenters. The highest BCUT2D eigenvalue weighted by molar-refractivity contribution is 7.13. The summed E-state index contributed by atoms with van der Waals surface area (Å²) in [5.41, 5.74) is 1.98. The number of benzene rings is 1. The molecule has 1 heterocycles. The number of methoxy groups -OCH3 is 1. The van der Waals surface area contributed by atoms with Gasteiger partial charge in [0.2, 0.25) is 0 Å². The SMILES string of the molecule is CCC(Nc1ccc(-c2nccs2)cc1)C(=O)OC. The zero-order valence-corrected chi connectivity index (χ0v) is 11.7. The third-order valence-electron chi connectivity index (χ3n) is 2.80. The van der Waals surface area contributed by atoms with E-state index in [9.17, 15) is 4.79 Å². The normalized spacial score (nSPS) is 11.9. The Bertz CT molecular complexity index is 523. The number of carbonyl (C=O) groups is 1. The van der Waals surface area contributed by atoms with Gasteiger partial charge in [-0.25, -0.2) is 9.78 Å². The number of rotatable bonds is 5. The summed E-state index contributed by atoms with van der Waals surface area (Å²) >= 11 is 1.60. The second-order valence-electron chi connectivity index (χ2n) is 4.04. The predicted molar refractivity (Wildman–Crippen MR) is 77.3 cm³/mol. The first-order valence-electron chi connectivity index (χ1n) is 6.09. The minimum absolute atomic E-state index is 0.244. The molecule has 0 fully saturated rings. The van der Waals surface area contributed by atoms with E-state index < -0.39 is 0 Å². The van der Waals surface area contributed by atoms with E-state index >= 15 is 0 Å². The lowest BCUT2D eigenvalue weighted by Gasteiger charge is -2.15. The zero-order valence-electron chi connectivity index (χ0n) is 10.9. The number of nitrogens with zero attached hydrogens (tertiary/aromatic N) is 1. The van der Waals surface area contributed by atoms with E-state index in [0.717, 1.165) is 16.3 Å². The Balaban J connectivity index is 2.08. The molecule has 0 radical (unpaired) electrons. The first-order valence-corrected chi connectivity index (χ1v) is 6.97. The third kappa shape index (κ3) is 3.32.